The van der Waals surface area contributed by atoms with E-state index in [-0.39, 0.29) is 0 Å². The van der Waals surface area contributed by atoms with Gasteiger partial charge in [-0.2, -0.15) is 30.8 Å². The van der Waals surface area contributed by atoms with Crippen LogP contribution in [0.5, 0.6) is 0 Å². The highest BCUT2D eigenvalue weighted by Gasteiger charge is 2.02. The van der Waals surface area contributed by atoms with Crippen LogP contribution in [-0.2, 0) is 0 Å². The third-order valence-corrected chi connectivity index (χ3v) is 2.08. The molecule has 2 heterocycles. The quantitative estimate of drug-likeness (QED) is 0.484. The molecule has 0 saturated heterocycles. The summed E-state index contributed by atoms with van der Waals surface area (Å²) in [5.41, 5.74) is 0. The molecule has 0 amide bonds. The standard InChI is InChI=1S/C4H4N6Si/c1-3(7-9-5-1)11-4-2-6-10-8-4/h1-2H,(H,5,7,9)(H,6,8,10). The lowest BCUT2D eigenvalue weighted by molar-refractivity contribution is 0.944. The van der Waals surface area contributed by atoms with Crippen LogP contribution in [0.2, 0.25) is 0 Å². The molecule has 0 atom stereocenters. The maximum atomic E-state index is 3.89. The molecule has 6 nitrogen and oxygen atoms in total. The van der Waals surface area contributed by atoms with Crippen LogP contribution in [0.25, 0.3) is 0 Å². The van der Waals surface area contributed by atoms with Crippen molar-refractivity contribution in [3.63, 3.8) is 0 Å². The SMILES string of the molecule is c1n[nH]nc1[Si]c1cn[nH]n1. The van der Waals surface area contributed by atoms with E-state index in [2.05, 4.69) is 30.8 Å². The Kier molecular flexibility index (Phi) is 1.48. The molecule has 0 aliphatic heterocycles. The number of aromatic nitrogens is 6. The van der Waals surface area contributed by atoms with Gasteiger partial charge in [-0.05, 0) is 0 Å². The van der Waals surface area contributed by atoms with Gasteiger partial charge in [0.1, 0.15) is 0 Å². The Labute approximate surface area is 64.2 Å². The molecule has 0 fully saturated rings. The largest absolute Gasteiger partial charge is 0.198 e. The van der Waals surface area contributed by atoms with Crippen LogP contribution in [0.1, 0.15) is 0 Å². The van der Waals surface area contributed by atoms with Gasteiger partial charge in [-0.25, -0.2) is 0 Å². The third-order valence-electron chi connectivity index (χ3n) is 1.09. The van der Waals surface area contributed by atoms with E-state index in [1.807, 2.05) is 0 Å². The van der Waals surface area contributed by atoms with Gasteiger partial charge in [0.25, 0.3) is 0 Å². The van der Waals surface area contributed by atoms with Gasteiger partial charge in [0.05, 0.1) is 23.0 Å². The fourth-order valence-electron chi connectivity index (χ4n) is 0.655. The Morgan fingerprint density at radius 3 is 1.91 bits per heavy atom. The van der Waals surface area contributed by atoms with E-state index in [4.69, 9.17) is 0 Å². The molecule has 2 aromatic heterocycles. The molecule has 0 aliphatic rings. The van der Waals surface area contributed by atoms with Crippen molar-refractivity contribution < 1.29 is 0 Å². The molecule has 0 spiro atoms. The van der Waals surface area contributed by atoms with E-state index in [0.29, 0.717) is 9.52 Å². The molecule has 2 aromatic rings. The summed E-state index contributed by atoms with van der Waals surface area (Å²) in [5.74, 6) is 0. The van der Waals surface area contributed by atoms with E-state index in [0.717, 1.165) is 10.6 Å². The van der Waals surface area contributed by atoms with Crippen molar-refractivity contribution in [3.05, 3.63) is 12.4 Å². The molecule has 2 N–H and O–H groups in total. The Morgan fingerprint density at radius 1 is 1.00 bits per heavy atom. The average Bonchev–Trinajstić information content (AvgIpc) is 2.60. The first-order valence-electron chi connectivity index (χ1n) is 2.94. The number of aromatic amines is 2. The molecule has 0 aliphatic carbocycles. The van der Waals surface area contributed by atoms with Gasteiger partial charge in [-0.3, -0.25) is 0 Å². The van der Waals surface area contributed by atoms with Crippen molar-refractivity contribution in [3.8, 4) is 0 Å². The summed E-state index contributed by atoms with van der Waals surface area (Å²) in [6, 6.07) is 0. The molecule has 0 aromatic carbocycles. The Bertz CT molecular complexity index is 267. The first-order valence-corrected chi connectivity index (χ1v) is 3.94. The number of nitrogens with one attached hydrogen (secondary N) is 2. The predicted octanol–water partition coefficient (Wildman–Crippen LogP) is -2.42. The Morgan fingerprint density at radius 2 is 1.55 bits per heavy atom. The first-order chi connectivity index (χ1) is 5.45. The number of rotatable bonds is 2. The fraction of sp³-hybridized carbons (Fsp3) is 0. The van der Waals surface area contributed by atoms with Crippen LogP contribution in [0.15, 0.2) is 12.4 Å². The normalized spacial score (nSPS) is 10.2. The van der Waals surface area contributed by atoms with Crippen LogP contribution in [0.3, 0.4) is 0 Å². The zero-order valence-electron chi connectivity index (χ0n) is 5.44. The van der Waals surface area contributed by atoms with Gasteiger partial charge in [-0.15, -0.1) is 0 Å². The lowest BCUT2D eigenvalue weighted by atomic mass is 10.9. The van der Waals surface area contributed by atoms with Crippen molar-refractivity contribution in [2.24, 2.45) is 0 Å². The second-order valence-electron chi connectivity index (χ2n) is 1.84. The summed E-state index contributed by atoms with van der Waals surface area (Å²) in [6.07, 6.45) is 3.35. The number of H-pyrrole nitrogens is 2. The lowest BCUT2D eigenvalue weighted by Crippen LogP contribution is -2.28. The zero-order chi connectivity index (χ0) is 7.52. The van der Waals surface area contributed by atoms with Crippen molar-refractivity contribution in [1.82, 2.24) is 30.8 Å². The summed E-state index contributed by atoms with van der Waals surface area (Å²) in [7, 11) is 0.416. The van der Waals surface area contributed by atoms with E-state index >= 15 is 0 Å². The van der Waals surface area contributed by atoms with Crippen molar-refractivity contribution in [2.45, 2.75) is 0 Å². The maximum absolute atomic E-state index is 3.89. The number of nitrogens with zero attached hydrogens (tertiary/aromatic N) is 4. The molecule has 0 unspecified atom stereocenters. The van der Waals surface area contributed by atoms with E-state index in [1.165, 1.54) is 0 Å². The number of hydrogen-bond acceptors (Lipinski definition) is 4. The topological polar surface area (TPSA) is 83.1 Å². The second kappa shape index (κ2) is 2.62. The van der Waals surface area contributed by atoms with Crippen molar-refractivity contribution in [2.75, 3.05) is 0 Å². The molecule has 2 rings (SSSR count). The minimum Gasteiger partial charge on any atom is -0.198 e. The highest BCUT2D eigenvalue weighted by Crippen LogP contribution is 1.65. The Hall–Kier alpha value is -1.50. The fourth-order valence-corrected chi connectivity index (χ4v) is 1.39. The molecule has 0 bridgehead atoms. The summed E-state index contributed by atoms with van der Waals surface area (Å²) < 4.78 is 0. The van der Waals surface area contributed by atoms with E-state index in [1.54, 1.807) is 12.4 Å². The average molecular weight is 164 g/mol. The summed E-state index contributed by atoms with van der Waals surface area (Å²) in [6.45, 7) is 0. The molecule has 7 heteroatoms. The van der Waals surface area contributed by atoms with Gasteiger partial charge in [0.2, 0.25) is 0 Å². The van der Waals surface area contributed by atoms with Gasteiger partial charge in [0, 0.05) is 0 Å². The molecule has 2 radical (unpaired) electrons. The molecule has 54 valence electrons. The van der Waals surface area contributed by atoms with Crippen LogP contribution in [0, 0.1) is 0 Å². The van der Waals surface area contributed by atoms with Crippen molar-refractivity contribution >= 4 is 20.2 Å². The smallest absolute Gasteiger partial charge is 0.183 e. The summed E-state index contributed by atoms with van der Waals surface area (Å²) in [5, 5.41) is 22.0. The molecular formula is C4H4N6Si. The van der Waals surface area contributed by atoms with E-state index in [9.17, 15) is 0 Å². The highest BCUT2D eigenvalue weighted by molar-refractivity contribution is 6.65. The van der Waals surface area contributed by atoms with Gasteiger partial charge >= 0.3 is 0 Å². The summed E-state index contributed by atoms with van der Waals surface area (Å²) in [4.78, 5) is 0. The van der Waals surface area contributed by atoms with Crippen LogP contribution < -0.4 is 10.6 Å². The van der Waals surface area contributed by atoms with Crippen LogP contribution in [0.4, 0.5) is 0 Å². The third kappa shape index (κ3) is 1.32. The zero-order valence-corrected chi connectivity index (χ0v) is 6.44. The molecule has 11 heavy (non-hydrogen) atoms. The minimum absolute atomic E-state index is 0.416. The van der Waals surface area contributed by atoms with Gasteiger partial charge in [0.15, 0.2) is 9.52 Å². The monoisotopic (exact) mass is 164 g/mol. The van der Waals surface area contributed by atoms with Crippen LogP contribution in [-0.4, -0.2) is 40.3 Å². The maximum Gasteiger partial charge on any atom is 0.183 e. The number of hydrogen-bond donors (Lipinski definition) is 2. The summed E-state index contributed by atoms with van der Waals surface area (Å²) >= 11 is 0. The van der Waals surface area contributed by atoms with Gasteiger partial charge in [-0.1, -0.05) is 0 Å². The van der Waals surface area contributed by atoms with Gasteiger partial charge < -0.3 is 0 Å². The first kappa shape index (κ1) is 6.22. The predicted molar refractivity (Wildman–Crippen MR) is 37.8 cm³/mol. The lowest BCUT2D eigenvalue weighted by Gasteiger charge is -1.82. The van der Waals surface area contributed by atoms with Crippen molar-refractivity contribution in [1.29, 1.82) is 0 Å². The van der Waals surface area contributed by atoms with Crippen LogP contribution >= 0.6 is 0 Å². The highest BCUT2D eigenvalue weighted by atomic mass is 28.2. The second-order valence-corrected chi connectivity index (χ2v) is 3.11. The molecule has 0 saturated carbocycles. The molecular weight excluding hydrogens is 160 g/mol. The minimum atomic E-state index is 0.416. The Balaban J connectivity index is 2.14. The van der Waals surface area contributed by atoms with E-state index < -0.39 is 0 Å².